The first-order chi connectivity index (χ1) is 9.43. The summed E-state index contributed by atoms with van der Waals surface area (Å²) in [5, 5.41) is 9.45. The van der Waals surface area contributed by atoms with Gasteiger partial charge in [-0.05, 0) is 42.8 Å². The van der Waals surface area contributed by atoms with Crippen LogP contribution in [-0.2, 0) is 0 Å². The van der Waals surface area contributed by atoms with Gasteiger partial charge in [0.2, 0.25) is 0 Å². The van der Waals surface area contributed by atoms with E-state index in [9.17, 15) is 9.18 Å². The zero-order valence-corrected chi connectivity index (χ0v) is 11.7. The number of hydrogen-bond donors (Lipinski definition) is 1. The molecule has 0 spiro atoms. The number of rotatable bonds is 3. The van der Waals surface area contributed by atoms with Crippen LogP contribution in [0.3, 0.4) is 0 Å². The minimum absolute atomic E-state index is 0.000139. The molecule has 0 amide bonds. The number of carbonyl (C=O) groups is 1. The highest BCUT2D eigenvalue weighted by molar-refractivity contribution is 6.31. The van der Waals surface area contributed by atoms with Crippen LogP contribution in [0.2, 0.25) is 5.02 Å². The zero-order chi connectivity index (χ0) is 14.9. The molecule has 0 unspecified atom stereocenters. The molecule has 5 heteroatoms. The van der Waals surface area contributed by atoms with E-state index < -0.39 is 11.8 Å². The highest BCUT2D eigenvalue weighted by Gasteiger charge is 2.15. The molecule has 0 radical (unpaired) electrons. The van der Waals surface area contributed by atoms with Crippen molar-refractivity contribution >= 4 is 17.6 Å². The van der Waals surface area contributed by atoms with E-state index in [0.29, 0.717) is 16.3 Å². The van der Waals surface area contributed by atoms with Crippen LogP contribution in [0.4, 0.5) is 4.39 Å². The fraction of sp³-hybridized carbons (Fsp3) is 0.133. The summed E-state index contributed by atoms with van der Waals surface area (Å²) < 4.78 is 19.2. The quantitative estimate of drug-likeness (QED) is 0.924. The number of benzene rings is 2. The normalized spacial score (nSPS) is 10.4. The van der Waals surface area contributed by atoms with E-state index in [1.165, 1.54) is 19.2 Å². The van der Waals surface area contributed by atoms with Crippen LogP contribution >= 0.6 is 11.6 Å². The molecule has 0 aliphatic carbocycles. The van der Waals surface area contributed by atoms with Gasteiger partial charge in [0.05, 0.1) is 12.7 Å². The van der Waals surface area contributed by atoms with Gasteiger partial charge in [-0.2, -0.15) is 0 Å². The Hall–Kier alpha value is -2.07. The maximum atomic E-state index is 14.0. The van der Waals surface area contributed by atoms with Gasteiger partial charge in [-0.1, -0.05) is 11.6 Å². The molecule has 1 N–H and O–H groups in total. The molecule has 0 heterocycles. The lowest BCUT2D eigenvalue weighted by molar-refractivity contribution is 0.0697. The van der Waals surface area contributed by atoms with Crippen molar-refractivity contribution in [2.75, 3.05) is 7.11 Å². The van der Waals surface area contributed by atoms with E-state index in [1.54, 1.807) is 19.1 Å². The highest BCUT2D eigenvalue weighted by atomic mass is 35.5. The molecule has 0 aromatic heterocycles. The van der Waals surface area contributed by atoms with Gasteiger partial charge < -0.3 is 9.84 Å². The average molecular weight is 295 g/mol. The summed E-state index contributed by atoms with van der Waals surface area (Å²) >= 11 is 6.05. The van der Waals surface area contributed by atoms with Gasteiger partial charge in [-0.3, -0.25) is 0 Å². The van der Waals surface area contributed by atoms with Gasteiger partial charge in [0.25, 0.3) is 0 Å². The molecule has 0 bridgehead atoms. The second kappa shape index (κ2) is 5.51. The lowest BCUT2D eigenvalue weighted by Gasteiger charge is -2.12. The minimum atomic E-state index is -1.12. The Morgan fingerprint density at radius 2 is 1.95 bits per heavy atom. The molecule has 0 aliphatic heterocycles. The van der Waals surface area contributed by atoms with Crippen molar-refractivity contribution in [1.29, 1.82) is 0 Å². The van der Waals surface area contributed by atoms with Gasteiger partial charge in [0.1, 0.15) is 11.6 Å². The summed E-state index contributed by atoms with van der Waals surface area (Å²) in [4.78, 5) is 11.0. The lowest BCUT2D eigenvalue weighted by atomic mass is 10.00. The van der Waals surface area contributed by atoms with Gasteiger partial charge in [-0.15, -0.1) is 0 Å². The summed E-state index contributed by atoms with van der Waals surface area (Å²) in [5.74, 6) is -1.22. The van der Waals surface area contributed by atoms with Crippen LogP contribution in [0.15, 0.2) is 30.3 Å². The van der Waals surface area contributed by atoms with Crippen LogP contribution in [-0.4, -0.2) is 18.2 Å². The predicted octanol–water partition coefficient (Wildman–Crippen LogP) is 4.16. The number of carboxylic acid groups (broad SMARTS) is 1. The molecular weight excluding hydrogens is 283 g/mol. The van der Waals surface area contributed by atoms with E-state index in [4.69, 9.17) is 21.4 Å². The molecule has 0 atom stereocenters. The molecule has 2 aromatic rings. The summed E-state index contributed by atoms with van der Waals surface area (Å²) in [6.45, 7) is 1.80. The van der Waals surface area contributed by atoms with E-state index in [2.05, 4.69) is 0 Å². The van der Waals surface area contributed by atoms with Crippen LogP contribution in [0.25, 0.3) is 11.1 Å². The fourth-order valence-electron chi connectivity index (χ4n) is 1.90. The van der Waals surface area contributed by atoms with Crippen molar-refractivity contribution in [3.05, 3.63) is 52.3 Å². The monoisotopic (exact) mass is 294 g/mol. The molecule has 0 fully saturated rings. The number of hydrogen-bond acceptors (Lipinski definition) is 2. The van der Waals surface area contributed by atoms with Crippen LogP contribution < -0.4 is 4.74 Å². The maximum absolute atomic E-state index is 14.0. The van der Waals surface area contributed by atoms with E-state index >= 15 is 0 Å². The lowest BCUT2D eigenvalue weighted by Crippen LogP contribution is -1.99. The van der Waals surface area contributed by atoms with Crippen molar-refractivity contribution in [2.45, 2.75) is 6.92 Å². The molecule has 2 aromatic carbocycles. The van der Waals surface area contributed by atoms with Gasteiger partial charge in [-0.25, -0.2) is 9.18 Å². The molecule has 0 saturated heterocycles. The predicted molar refractivity (Wildman–Crippen MR) is 75.1 cm³/mol. The number of aryl methyl sites for hydroxylation is 1. The molecular formula is C15H12ClFO3. The Morgan fingerprint density at radius 3 is 2.55 bits per heavy atom. The zero-order valence-electron chi connectivity index (χ0n) is 10.9. The van der Waals surface area contributed by atoms with Gasteiger partial charge >= 0.3 is 5.97 Å². The summed E-state index contributed by atoms with van der Waals surface area (Å²) in [6, 6.07) is 6.85. The minimum Gasteiger partial charge on any atom is -0.496 e. The number of methoxy groups -OCH3 is 1. The Kier molecular flexibility index (Phi) is 3.95. The van der Waals surface area contributed by atoms with Crippen molar-refractivity contribution < 1.29 is 19.0 Å². The molecule has 0 saturated carbocycles. The number of halogens is 2. The summed E-state index contributed by atoms with van der Waals surface area (Å²) in [6.07, 6.45) is 0. The SMILES string of the molecule is COc1cc(C)c(Cl)cc1-c1cc(C(=O)O)ccc1F. The standard InChI is InChI=1S/C15H12ClFO3/c1-8-5-14(20-2)11(7-12(8)16)10-6-9(15(18)19)3-4-13(10)17/h3-7H,1-2H3,(H,18,19). The van der Waals surface area contributed by atoms with Crippen molar-refractivity contribution in [3.8, 4) is 16.9 Å². The first-order valence-corrected chi connectivity index (χ1v) is 6.19. The van der Waals surface area contributed by atoms with Crippen molar-refractivity contribution in [3.63, 3.8) is 0 Å². The number of ether oxygens (including phenoxy) is 1. The Balaban J connectivity index is 2.70. The van der Waals surface area contributed by atoms with E-state index in [1.807, 2.05) is 0 Å². The third-order valence-corrected chi connectivity index (χ3v) is 3.39. The van der Waals surface area contributed by atoms with Gasteiger partial charge in [0, 0.05) is 16.1 Å². The second-order valence-corrected chi connectivity index (χ2v) is 4.71. The molecule has 104 valence electrons. The van der Waals surface area contributed by atoms with Crippen molar-refractivity contribution in [2.24, 2.45) is 0 Å². The van der Waals surface area contributed by atoms with Crippen LogP contribution in [0, 0.1) is 12.7 Å². The van der Waals surface area contributed by atoms with E-state index in [0.717, 1.165) is 11.6 Å². The average Bonchev–Trinajstić information content (AvgIpc) is 2.41. The largest absolute Gasteiger partial charge is 0.496 e. The fourth-order valence-corrected chi connectivity index (χ4v) is 2.06. The third-order valence-electron chi connectivity index (χ3n) is 2.98. The van der Waals surface area contributed by atoms with E-state index in [-0.39, 0.29) is 11.1 Å². The molecule has 3 nitrogen and oxygen atoms in total. The topological polar surface area (TPSA) is 46.5 Å². The first-order valence-electron chi connectivity index (χ1n) is 5.81. The Labute approximate surface area is 120 Å². The smallest absolute Gasteiger partial charge is 0.335 e. The number of aromatic carboxylic acids is 1. The van der Waals surface area contributed by atoms with Gasteiger partial charge in [0.15, 0.2) is 0 Å². The molecule has 2 rings (SSSR count). The highest BCUT2D eigenvalue weighted by Crippen LogP contribution is 2.36. The summed E-state index contributed by atoms with van der Waals surface area (Å²) in [5.41, 5.74) is 1.36. The van der Waals surface area contributed by atoms with Crippen LogP contribution in [0.1, 0.15) is 15.9 Å². The molecule has 20 heavy (non-hydrogen) atoms. The summed E-state index contributed by atoms with van der Waals surface area (Å²) in [7, 11) is 1.46. The van der Waals surface area contributed by atoms with Crippen molar-refractivity contribution in [1.82, 2.24) is 0 Å². The maximum Gasteiger partial charge on any atom is 0.335 e. The Morgan fingerprint density at radius 1 is 1.25 bits per heavy atom. The number of carboxylic acids is 1. The first kappa shape index (κ1) is 14.3. The third kappa shape index (κ3) is 2.60. The second-order valence-electron chi connectivity index (χ2n) is 4.30. The van der Waals surface area contributed by atoms with Crippen LogP contribution in [0.5, 0.6) is 5.75 Å². The Bertz CT molecular complexity index is 683. The molecule has 0 aliphatic rings.